The van der Waals surface area contributed by atoms with Crippen LogP contribution < -0.4 is 10.6 Å². The fourth-order valence-corrected chi connectivity index (χ4v) is 6.32. The number of nitrogens with two attached hydrogens (primary N) is 1. The largest absolute Gasteiger partial charge is 0.343 e. The Balaban J connectivity index is 1.97. The monoisotopic (exact) mass is 559 g/mol. The van der Waals surface area contributed by atoms with E-state index in [0.29, 0.717) is 38.2 Å². The van der Waals surface area contributed by atoms with Gasteiger partial charge in [0.05, 0.1) is 12.4 Å². The summed E-state index contributed by atoms with van der Waals surface area (Å²) in [6.45, 7) is 4.35. The van der Waals surface area contributed by atoms with E-state index < -0.39 is 15.9 Å². The molecule has 1 aliphatic rings. The summed E-state index contributed by atoms with van der Waals surface area (Å²) in [5, 5.41) is 0. The molecule has 1 rings (SSSR count). The number of hydrogen-bond acceptors (Lipinski definition) is 6. The summed E-state index contributed by atoms with van der Waals surface area (Å²) in [5.41, 5.74) is 0. The molecule has 0 aromatic rings. The highest BCUT2D eigenvalue weighted by Gasteiger charge is 2.22. The zero-order valence-electron chi connectivity index (χ0n) is 24.2. The van der Waals surface area contributed by atoms with E-state index >= 15 is 0 Å². The summed E-state index contributed by atoms with van der Waals surface area (Å²) in [4.78, 5) is 31.0. The van der Waals surface area contributed by atoms with Gasteiger partial charge in [-0.15, -0.1) is 0 Å². The molecule has 224 valence electrons. The fraction of sp³-hybridized carbons (Fsp3) is 0.931. The van der Waals surface area contributed by atoms with Gasteiger partial charge < -0.3 is 9.74 Å². The summed E-state index contributed by atoms with van der Waals surface area (Å²) in [6, 6.07) is 0. The van der Waals surface area contributed by atoms with Crippen LogP contribution in [0, 0.1) is 5.92 Å². The first-order valence-corrected chi connectivity index (χ1v) is 17.2. The standard InChI is InChI=1S/C29H57N3O5S/c1-2-3-4-5-6-7-8-9-10-11-12-13-15-18-28(33)31-38(35,36)26-17-14-16-19-29(34)32-23-20-27(21-24-32)22-25-37-30/h27H,2-26,30H2,1H3,(H,31,33). The number of piperidine rings is 1. The molecule has 0 atom stereocenters. The number of rotatable bonds is 24. The topological polar surface area (TPSA) is 119 Å². The van der Waals surface area contributed by atoms with Crippen LogP contribution in [0.15, 0.2) is 0 Å². The van der Waals surface area contributed by atoms with Gasteiger partial charge in [-0.05, 0) is 44.4 Å². The molecule has 0 aromatic heterocycles. The minimum atomic E-state index is -3.60. The maximum atomic E-state index is 12.4. The quantitative estimate of drug-likeness (QED) is 0.111. The van der Waals surface area contributed by atoms with E-state index in [0.717, 1.165) is 51.6 Å². The summed E-state index contributed by atoms with van der Waals surface area (Å²) >= 11 is 0. The van der Waals surface area contributed by atoms with Gasteiger partial charge in [0, 0.05) is 25.9 Å². The number of hydrogen-bond donors (Lipinski definition) is 2. The molecule has 1 fully saturated rings. The van der Waals surface area contributed by atoms with E-state index in [1.165, 1.54) is 64.2 Å². The minimum absolute atomic E-state index is 0.0693. The highest BCUT2D eigenvalue weighted by Crippen LogP contribution is 2.21. The second kappa shape index (κ2) is 22.6. The fourth-order valence-electron chi connectivity index (χ4n) is 5.19. The van der Waals surface area contributed by atoms with Crippen molar-refractivity contribution in [1.82, 2.24) is 9.62 Å². The van der Waals surface area contributed by atoms with E-state index in [2.05, 4.69) is 16.5 Å². The third-order valence-electron chi connectivity index (χ3n) is 7.69. The summed E-state index contributed by atoms with van der Waals surface area (Å²) < 4.78 is 26.6. The molecule has 38 heavy (non-hydrogen) atoms. The van der Waals surface area contributed by atoms with Crippen LogP contribution >= 0.6 is 0 Å². The van der Waals surface area contributed by atoms with E-state index in [4.69, 9.17) is 5.90 Å². The molecule has 1 aliphatic heterocycles. The summed E-state index contributed by atoms with van der Waals surface area (Å²) in [5.74, 6) is 5.33. The predicted octanol–water partition coefficient (Wildman–Crippen LogP) is 5.99. The van der Waals surface area contributed by atoms with Gasteiger partial charge in [0.1, 0.15) is 0 Å². The van der Waals surface area contributed by atoms with Crippen molar-refractivity contribution in [1.29, 1.82) is 0 Å². The summed E-state index contributed by atoms with van der Waals surface area (Å²) in [7, 11) is -3.60. The first kappa shape index (κ1) is 34.8. The average molecular weight is 560 g/mol. The Morgan fingerprint density at radius 1 is 0.789 bits per heavy atom. The Kier molecular flexibility index (Phi) is 20.7. The Bertz CT molecular complexity index is 709. The SMILES string of the molecule is CCCCCCCCCCCCCCCC(=O)NS(=O)(=O)CCCCCC(=O)N1CCC(CCON)CC1. The Hall–Kier alpha value is -1.19. The Morgan fingerprint density at radius 2 is 1.29 bits per heavy atom. The van der Waals surface area contributed by atoms with Crippen molar-refractivity contribution in [3.63, 3.8) is 0 Å². The first-order chi connectivity index (χ1) is 18.4. The van der Waals surface area contributed by atoms with Crippen LogP contribution in [0.1, 0.15) is 142 Å². The minimum Gasteiger partial charge on any atom is -0.343 e. The zero-order valence-corrected chi connectivity index (χ0v) is 25.0. The van der Waals surface area contributed by atoms with E-state index in [9.17, 15) is 18.0 Å². The molecule has 9 heteroatoms. The van der Waals surface area contributed by atoms with Gasteiger partial charge in [-0.3, -0.25) is 14.3 Å². The third kappa shape index (κ3) is 19.0. The predicted molar refractivity (Wildman–Crippen MR) is 155 cm³/mol. The lowest BCUT2D eigenvalue weighted by Crippen LogP contribution is -2.38. The number of nitrogens with one attached hydrogen (secondary N) is 1. The number of amides is 2. The van der Waals surface area contributed by atoms with Gasteiger partial charge in [0.15, 0.2) is 0 Å². The Morgan fingerprint density at radius 3 is 1.84 bits per heavy atom. The molecule has 0 unspecified atom stereocenters. The lowest BCUT2D eigenvalue weighted by Gasteiger charge is -2.32. The molecule has 0 spiro atoms. The number of sulfonamides is 1. The van der Waals surface area contributed by atoms with Crippen molar-refractivity contribution in [2.24, 2.45) is 11.8 Å². The summed E-state index contributed by atoms with van der Waals surface area (Å²) in [6.07, 6.45) is 21.4. The molecule has 0 radical (unpaired) electrons. The average Bonchev–Trinajstić information content (AvgIpc) is 2.89. The van der Waals surface area contributed by atoms with Gasteiger partial charge >= 0.3 is 0 Å². The van der Waals surface area contributed by atoms with Crippen LogP contribution in [-0.4, -0.2) is 50.6 Å². The van der Waals surface area contributed by atoms with Gasteiger partial charge in [-0.2, -0.15) is 0 Å². The van der Waals surface area contributed by atoms with Gasteiger partial charge in [-0.25, -0.2) is 14.3 Å². The molecule has 1 saturated heterocycles. The second-order valence-corrected chi connectivity index (χ2v) is 13.0. The van der Waals surface area contributed by atoms with Crippen LogP contribution in [0.2, 0.25) is 0 Å². The number of likely N-dealkylation sites (tertiary alicyclic amines) is 1. The smallest absolute Gasteiger partial charge is 0.234 e. The van der Waals surface area contributed by atoms with Crippen LogP contribution in [0.3, 0.4) is 0 Å². The van der Waals surface area contributed by atoms with Crippen molar-refractivity contribution < 1.29 is 22.8 Å². The molecule has 0 saturated carbocycles. The van der Waals surface area contributed by atoms with Crippen LogP contribution in [0.25, 0.3) is 0 Å². The van der Waals surface area contributed by atoms with Crippen molar-refractivity contribution in [2.75, 3.05) is 25.4 Å². The molecule has 1 heterocycles. The van der Waals surface area contributed by atoms with Gasteiger partial charge in [0.25, 0.3) is 0 Å². The molecular weight excluding hydrogens is 502 g/mol. The zero-order chi connectivity index (χ0) is 27.9. The number of carbonyl (C=O) groups excluding carboxylic acids is 2. The molecule has 0 bridgehead atoms. The highest BCUT2D eigenvalue weighted by molar-refractivity contribution is 7.90. The van der Waals surface area contributed by atoms with E-state index in [1.807, 2.05) is 4.90 Å². The maximum Gasteiger partial charge on any atom is 0.234 e. The maximum absolute atomic E-state index is 12.4. The van der Waals surface area contributed by atoms with Gasteiger partial charge in [-0.1, -0.05) is 90.4 Å². The van der Waals surface area contributed by atoms with Gasteiger partial charge in [0.2, 0.25) is 21.8 Å². The van der Waals surface area contributed by atoms with Crippen LogP contribution in [0.5, 0.6) is 0 Å². The highest BCUT2D eigenvalue weighted by atomic mass is 32.2. The lowest BCUT2D eigenvalue weighted by molar-refractivity contribution is -0.132. The van der Waals surface area contributed by atoms with Crippen LogP contribution in [-0.2, 0) is 24.4 Å². The van der Waals surface area contributed by atoms with Crippen molar-refractivity contribution in [3.05, 3.63) is 0 Å². The molecule has 0 aliphatic carbocycles. The molecule has 3 N–H and O–H groups in total. The van der Waals surface area contributed by atoms with Crippen molar-refractivity contribution in [3.8, 4) is 0 Å². The van der Waals surface area contributed by atoms with E-state index in [1.54, 1.807) is 0 Å². The first-order valence-electron chi connectivity index (χ1n) is 15.5. The molecule has 8 nitrogen and oxygen atoms in total. The number of nitrogens with zero attached hydrogens (tertiary/aromatic N) is 1. The Labute approximate surface area is 233 Å². The normalized spacial score (nSPS) is 14.6. The molecule has 2 amide bonds. The van der Waals surface area contributed by atoms with Crippen molar-refractivity contribution >= 4 is 21.8 Å². The van der Waals surface area contributed by atoms with Crippen LogP contribution in [0.4, 0.5) is 0 Å². The molecular formula is C29H57N3O5S. The van der Waals surface area contributed by atoms with E-state index in [-0.39, 0.29) is 18.1 Å². The third-order valence-corrected chi connectivity index (χ3v) is 9.06. The number of carbonyl (C=O) groups is 2. The van der Waals surface area contributed by atoms with Crippen molar-refractivity contribution in [2.45, 2.75) is 142 Å². The molecule has 0 aromatic carbocycles. The lowest BCUT2D eigenvalue weighted by atomic mass is 9.93. The number of unbranched alkanes of at least 4 members (excludes halogenated alkanes) is 14. The second-order valence-electron chi connectivity index (χ2n) is 11.1.